The van der Waals surface area contributed by atoms with Gasteiger partial charge in [0.25, 0.3) is 0 Å². The number of rotatable bonds is 2. The fourth-order valence-electron chi connectivity index (χ4n) is 2.97. The number of hydrogen-bond acceptors (Lipinski definition) is 2. The second-order valence-corrected chi connectivity index (χ2v) is 5.48. The Balaban J connectivity index is 1.97. The predicted molar refractivity (Wildman–Crippen MR) is 71.9 cm³/mol. The third kappa shape index (κ3) is 2.66. The Morgan fingerprint density at radius 1 is 1.24 bits per heavy atom. The van der Waals surface area contributed by atoms with Crippen molar-refractivity contribution in [2.24, 2.45) is 0 Å². The lowest BCUT2D eigenvalue weighted by molar-refractivity contribution is -0.138. The maximum atomic E-state index is 13.0. The van der Waals surface area contributed by atoms with Gasteiger partial charge in [-0.05, 0) is 31.4 Å². The predicted octanol–water partition coefficient (Wildman–Crippen LogP) is 3.79. The molecule has 0 radical (unpaired) electrons. The molecule has 1 atom stereocenters. The van der Waals surface area contributed by atoms with E-state index in [4.69, 9.17) is 0 Å². The molecule has 112 valence electrons. The number of nitrogens with zero attached hydrogens (tertiary/aromatic N) is 3. The Kier molecular flexibility index (Phi) is 3.47. The van der Waals surface area contributed by atoms with Crippen LogP contribution in [0.4, 0.5) is 13.2 Å². The molecule has 6 heteroatoms. The van der Waals surface area contributed by atoms with Crippen molar-refractivity contribution in [1.82, 2.24) is 14.8 Å². The molecule has 0 aliphatic carbocycles. The van der Waals surface area contributed by atoms with E-state index in [9.17, 15) is 13.2 Å². The molecular weight excluding hydrogens is 279 g/mol. The van der Waals surface area contributed by atoms with Crippen LogP contribution in [0, 0.1) is 0 Å². The van der Waals surface area contributed by atoms with E-state index in [1.807, 2.05) is 4.57 Å². The number of aromatic nitrogens is 3. The average molecular weight is 295 g/mol. The molecule has 3 nitrogen and oxygen atoms in total. The number of alkyl halides is 3. The smallest absolute Gasteiger partial charge is 0.312 e. The minimum absolute atomic E-state index is 0.160. The van der Waals surface area contributed by atoms with Gasteiger partial charge in [-0.15, -0.1) is 10.2 Å². The topological polar surface area (TPSA) is 30.7 Å². The summed E-state index contributed by atoms with van der Waals surface area (Å²) in [7, 11) is 0. The zero-order chi connectivity index (χ0) is 15.0. The van der Waals surface area contributed by atoms with Crippen molar-refractivity contribution in [3.8, 4) is 0 Å². The fourth-order valence-corrected chi connectivity index (χ4v) is 2.97. The van der Waals surface area contributed by atoms with Gasteiger partial charge in [-0.2, -0.15) is 13.2 Å². The summed E-state index contributed by atoms with van der Waals surface area (Å²) in [6.45, 7) is 2.06. The molecule has 1 aliphatic heterocycles. The quantitative estimate of drug-likeness (QED) is 0.844. The summed E-state index contributed by atoms with van der Waals surface area (Å²) in [5, 5.41) is 8.24. The van der Waals surface area contributed by atoms with Crippen LogP contribution in [0.15, 0.2) is 24.3 Å². The first kappa shape index (κ1) is 14.1. The van der Waals surface area contributed by atoms with Crippen molar-refractivity contribution in [2.75, 3.05) is 0 Å². The van der Waals surface area contributed by atoms with Crippen LogP contribution < -0.4 is 0 Å². The summed E-state index contributed by atoms with van der Waals surface area (Å²) in [5.74, 6) is 1.50. The molecule has 0 bridgehead atoms. The summed E-state index contributed by atoms with van der Waals surface area (Å²) in [6.07, 6.45) is -1.27. The van der Waals surface area contributed by atoms with Crippen LogP contribution in [0.1, 0.15) is 48.6 Å². The monoisotopic (exact) mass is 295 g/mol. The second kappa shape index (κ2) is 5.16. The van der Waals surface area contributed by atoms with E-state index >= 15 is 0 Å². The van der Waals surface area contributed by atoms with Crippen LogP contribution in [-0.2, 0) is 19.0 Å². The lowest BCUT2D eigenvalue weighted by atomic mass is 10.0. The van der Waals surface area contributed by atoms with Crippen LogP contribution in [0.2, 0.25) is 0 Å². The van der Waals surface area contributed by atoms with Crippen LogP contribution in [0.5, 0.6) is 0 Å². The highest BCUT2D eigenvalue weighted by atomic mass is 19.4. The maximum absolute atomic E-state index is 13.0. The fraction of sp³-hybridized carbons (Fsp3) is 0.467. The molecule has 3 rings (SSSR count). The third-order valence-corrected chi connectivity index (χ3v) is 3.97. The van der Waals surface area contributed by atoms with Crippen molar-refractivity contribution in [3.63, 3.8) is 0 Å². The summed E-state index contributed by atoms with van der Waals surface area (Å²) in [4.78, 5) is 0. The Hall–Kier alpha value is -1.85. The lowest BCUT2D eigenvalue weighted by Crippen LogP contribution is -2.18. The van der Waals surface area contributed by atoms with Crippen LogP contribution in [0.3, 0.4) is 0 Å². The second-order valence-electron chi connectivity index (χ2n) is 5.48. The first-order chi connectivity index (χ1) is 9.97. The van der Waals surface area contributed by atoms with Crippen LogP contribution in [-0.4, -0.2) is 14.8 Å². The molecule has 1 aromatic carbocycles. The molecule has 0 amide bonds. The van der Waals surface area contributed by atoms with Crippen LogP contribution in [0.25, 0.3) is 0 Å². The summed E-state index contributed by atoms with van der Waals surface area (Å²) >= 11 is 0. The minimum Gasteiger partial charge on any atom is -0.312 e. The molecule has 21 heavy (non-hydrogen) atoms. The van der Waals surface area contributed by atoms with Crippen molar-refractivity contribution in [3.05, 3.63) is 47.0 Å². The van der Waals surface area contributed by atoms with E-state index < -0.39 is 11.7 Å². The van der Waals surface area contributed by atoms with Crippen molar-refractivity contribution < 1.29 is 13.2 Å². The van der Waals surface area contributed by atoms with Crippen LogP contribution >= 0.6 is 0 Å². The molecule has 2 aromatic rings. The number of halogens is 3. The Morgan fingerprint density at radius 2 is 2.00 bits per heavy atom. The largest absolute Gasteiger partial charge is 0.416 e. The van der Waals surface area contributed by atoms with E-state index in [0.29, 0.717) is 5.82 Å². The number of aryl methyl sites for hydroxylation is 1. The highest BCUT2D eigenvalue weighted by Crippen LogP contribution is 2.33. The first-order valence-corrected chi connectivity index (χ1v) is 7.04. The zero-order valence-corrected chi connectivity index (χ0v) is 11.7. The molecular formula is C15H16F3N3. The van der Waals surface area contributed by atoms with E-state index in [0.717, 1.165) is 31.2 Å². The SMILES string of the molecule is CC1CCCc2nnc(Cc3ccccc3C(F)(F)F)n21. The highest BCUT2D eigenvalue weighted by molar-refractivity contribution is 5.32. The Bertz CT molecular complexity index is 646. The Morgan fingerprint density at radius 3 is 2.76 bits per heavy atom. The zero-order valence-electron chi connectivity index (χ0n) is 11.7. The molecule has 1 aliphatic rings. The van der Waals surface area contributed by atoms with Gasteiger partial charge in [-0.25, -0.2) is 0 Å². The van der Waals surface area contributed by atoms with E-state index in [1.54, 1.807) is 6.07 Å². The highest BCUT2D eigenvalue weighted by Gasteiger charge is 2.33. The standard InChI is InChI=1S/C15H16F3N3/c1-10-5-4-8-13-19-20-14(21(10)13)9-11-6-2-3-7-12(11)15(16,17)18/h2-3,6-7,10H,4-5,8-9H2,1H3. The third-order valence-electron chi connectivity index (χ3n) is 3.97. The summed E-state index contributed by atoms with van der Waals surface area (Å²) in [6, 6.07) is 5.91. The van der Waals surface area contributed by atoms with E-state index in [-0.39, 0.29) is 18.0 Å². The number of hydrogen-bond donors (Lipinski definition) is 0. The molecule has 0 N–H and O–H groups in total. The van der Waals surface area contributed by atoms with Gasteiger partial charge in [-0.1, -0.05) is 18.2 Å². The minimum atomic E-state index is -4.34. The number of fused-ring (bicyclic) bond motifs is 1. The summed E-state index contributed by atoms with van der Waals surface area (Å²) < 4.78 is 41.1. The molecule has 0 fully saturated rings. The number of benzene rings is 1. The van der Waals surface area contributed by atoms with Crippen molar-refractivity contribution in [1.29, 1.82) is 0 Å². The van der Waals surface area contributed by atoms with Crippen molar-refractivity contribution in [2.45, 2.75) is 44.8 Å². The molecule has 0 spiro atoms. The first-order valence-electron chi connectivity index (χ1n) is 7.04. The molecule has 2 heterocycles. The van der Waals surface area contributed by atoms with E-state index in [1.165, 1.54) is 12.1 Å². The Labute approximate surface area is 120 Å². The summed E-state index contributed by atoms with van der Waals surface area (Å²) in [5.41, 5.74) is -0.344. The molecule has 1 unspecified atom stereocenters. The lowest BCUT2D eigenvalue weighted by Gasteiger charge is -2.23. The van der Waals surface area contributed by atoms with Gasteiger partial charge < -0.3 is 4.57 Å². The van der Waals surface area contributed by atoms with Gasteiger partial charge in [0.15, 0.2) is 0 Å². The molecule has 0 saturated carbocycles. The van der Waals surface area contributed by atoms with Gasteiger partial charge in [0.2, 0.25) is 0 Å². The normalized spacial score (nSPS) is 18.6. The maximum Gasteiger partial charge on any atom is 0.416 e. The van der Waals surface area contributed by atoms with Gasteiger partial charge in [0, 0.05) is 18.9 Å². The van der Waals surface area contributed by atoms with Crippen molar-refractivity contribution >= 4 is 0 Å². The van der Waals surface area contributed by atoms with Gasteiger partial charge in [-0.3, -0.25) is 0 Å². The van der Waals surface area contributed by atoms with Gasteiger partial charge in [0.05, 0.1) is 5.56 Å². The van der Waals surface area contributed by atoms with Gasteiger partial charge in [0.1, 0.15) is 11.6 Å². The molecule has 0 saturated heterocycles. The van der Waals surface area contributed by atoms with E-state index in [2.05, 4.69) is 17.1 Å². The average Bonchev–Trinajstić information content (AvgIpc) is 2.83. The molecule has 1 aromatic heterocycles. The van der Waals surface area contributed by atoms with Gasteiger partial charge >= 0.3 is 6.18 Å².